The third-order valence-electron chi connectivity index (χ3n) is 3.02. The van der Waals surface area contributed by atoms with E-state index in [9.17, 15) is 27.6 Å². The molecule has 23 heavy (non-hydrogen) atoms. The summed E-state index contributed by atoms with van der Waals surface area (Å²) in [5.41, 5.74) is 0. The Morgan fingerprint density at radius 2 is 2.00 bits per heavy atom. The van der Waals surface area contributed by atoms with Gasteiger partial charge in [-0.15, -0.1) is 0 Å². The minimum atomic E-state index is -4.60. The molecule has 7 nitrogen and oxygen atoms in total. The summed E-state index contributed by atoms with van der Waals surface area (Å²) in [6.45, 7) is 1.32. The van der Waals surface area contributed by atoms with Crippen molar-refractivity contribution in [3.63, 3.8) is 0 Å². The van der Waals surface area contributed by atoms with Crippen molar-refractivity contribution < 1.29 is 32.3 Å². The number of nitrogens with one attached hydrogen (secondary N) is 1. The molecule has 0 aromatic rings. The van der Waals surface area contributed by atoms with Crippen LogP contribution >= 0.6 is 0 Å². The lowest BCUT2D eigenvalue weighted by molar-refractivity contribution is -0.142. The van der Waals surface area contributed by atoms with E-state index in [1.54, 1.807) is 5.32 Å². The lowest BCUT2D eigenvalue weighted by atomic mass is 10.1. The van der Waals surface area contributed by atoms with Crippen LogP contribution in [0.25, 0.3) is 0 Å². The van der Waals surface area contributed by atoms with Crippen LogP contribution in [-0.2, 0) is 9.53 Å². The zero-order valence-electron chi connectivity index (χ0n) is 12.1. The van der Waals surface area contributed by atoms with Crippen molar-refractivity contribution >= 4 is 25.7 Å². The van der Waals surface area contributed by atoms with Crippen molar-refractivity contribution in [2.24, 2.45) is 0 Å². The molecule has 1 heterocycles. The van der Waals surface area contributed by atoms with E-state index in [0.717, 1.165) is 9.80 Å². The van der Waals surface area contributed by atoms with Gasteiger partial charge in [0.15, 0.2) is 5.81 Å². The zero-order valence-corrected chi connectivity index (χ0v) is 12.1. The number of ether oxygens (including phenoxy) is 1. The fraction of sp³-hybridized carbons (Fsp3) is 0.583. The van der Waals surface area contributed by atoms with Crippen LogP contribution in [0.4, 0.5) is 22.8 Å². The molecule has 1 atom stereocenters. The molecule has 0 aromatic heterocycles. The van der Waals surface area contributed by atoms with E-state index in [1.807, 2.05) is 0 Å². The van der Waals surface area contributed by atoms with Gasteiger partial charge in [-0.05, 0) is 0 Å². The molecule has 1 rings (SSSR count). The molecule has 0 spiro atoms. The number of nitrogens with zero attached hydrogens (tertiary/aromatic N) is 2. The number of rotatable bonds is 4. The van der Waals surface area contributed by atoms with Gasteiger partial charge < -0.3 is 15.0 Å². The number of hydrogen-bond donors (Lipinski definition) is 1. The summed E-state index contributed by atoms with van der Waals surface area (Å²) in [5.74, 6) is -1.89. The van der Waals surface area contributed by atoms with Gasteiger partial charge in [0.2, 0.25) is 13.8 Å². The Morgan fingerprint density at radius 1 is 1.35 bits per heavy atom. The summed E-state index contributed by atoms with van der Waals surface area (Å²) in [5, 5.41) is 1.68. The topological polar surface area (TPSA) is 79.0 Å². The largest absolute Gasteiger partial charge is 0.445 e. The van der Waals surface area contributed by atoms with Crippen molar-refractivity contribution in [1.29, 1.82) is 0 Å². The lowest BCUT2D eigenvalue weighted by Crippen LogP contribution is -2.62. The van der Waals surface area contributed by atoms with Crippen LogP contribution in [0.15, 0.2) is 12.7 Å². The van der Waals surface area contributed by atoms with Crippen LogP contribution in [-0.4, -0.2) is 80.5 Å². The molecule has 1 aliphatic rings. The van der Waals surface area contributed by atoms with E-state index in [-0.39, 0.29) is 26.2 Å². The highest BCUT2D eigenvalue weighted by Gasteiger charge is 2.38. The van der Waals surface area contributed by atoms with Crippen LogP contribution in [0.5, 0.6) is 0 Å². The maximum Gasteiger partial charge on any atom is 0.410 e. The van der Waals surface area contributed by atoms with Crippen LogP contribution < -0.4 is 5.32 Å². The first-order chi connectivity index (χ1) is 10.7. The number of hydrogen-bond acceptors (Lipinski definition) is 4. The average Bonchev–Trinajstić information content (AvgIpc) is 2.48. The summed E-state index contributed by atoms with van der Waals surface area (Å²) < 4.78 is 41.4. The Kier molecular flexibility index (Phi) is 6.46. The lowest BCUT2D eigenvalue weighted by Gasteiger charge is -2.39. The second-order valence-electron chi connectivity index (χ2n) is 4.69. The highest BCUT2D eigenvalue weighted by atomic mass is 19.4. The number of carbonyl (C=O) groups excluding carboxylic acids is 3. The molecular formula is C12H15BF3N3O4. The molecule has 3 amide bonds. The molecular weight excluding hydrogens is 318 g/mol. The SMILES string of the molecule is [B]C(=O)N1CCN(C(=O)OCC=C)C(C(=O)NCC(F)(F)F)C1. The van der Waals surface area contributed by atoms with E-state index in [4.69, 9.17) is 12.6 Å². The van der Waals surface area contributed by atoms with Gasteiger partial charge in [-0.25, -0.2) is 4.79 Å². The van der Waals surface area contributed by atoms with Gasteiger partial charge in [0.25, 0.3) is 0 Å². The zero-order chi connectivity index (χ0) is 17.6. The fourth-order valence-corrected chi connectivity index (χ4v) is 1.94. The smallest absolute Gasteiger partial charge is 0.410 e. The van der Waals surface area contributed by atoms with Crippen molar-refractivity contribution in [3.05, 3.63) is 12.7 Å². The van der Waals surface area contributed by atoms with E-state index >= 15 is 0 Å². The Balaban J connectivity index is 2.82. The third kappa shape index (κ3) is 5.83. The molecule has 0 aliphatic carbocycles. The molecule has 2 radical (unpaired) electrons. The predicted molar refractivity (Wildman–Crippen MR) is 73.8 cm³/mol. The molecule has 1 saturated heterocycles. The summed E-state index contributed by atoms with van der Waals surface area (Å²) in [6, 6.07) is -1.32. The molecule has 0 aromatic carbocycles. The van der Waals surface area contributed by atoms with Gasteiger partial charge in [0, 0.05) is 19.6 Å². The average molecular weight is 333 g/mol. The minimum Gasteiger partial charge on any atom is -0.445 e. The number of alkyl halides is 3. The molecule has 1 aliphatic heterocycles. The number of carbonyl (C=O) groups is 3. The summed E-state index contributed by atoms with van der Waals surface area (Å²) in [6.07, 6.45) is -4.18. The molecule has 1 unspecified atom stereocenters. The molecule has 0 saturated carbocycles. The Labute approximate surface area is 131 Å². The van der Waals surface area contributed by atoms with Crippen LogP contribution in [0, 0.1) is 0 Å². The Morgan fingerprint density at radius 3 is 2.52 bits per heavy atom. The standard InChI is InChI=1S/C12H15BF3N3O4/c1-2-5-23-11(22)19-4-3-18(10(13)21)6-8(19)9(20)17-7-12(14,15)16/h2,8H,1,3-7H2,(H,17,20). The summed E-state index contributed by atoms with van der Waals surface area (Å²) in [4.78, 5) is 37.0. The molecule has 11 heteroatoms. The Bertz CT molecular complexity index is 487. The van der Waals surface area contributed by atoms with Gasteiger partial charge in [-0.3, -0.25) is 14.5 Å². The van der Waals surface area contributed by atoms with Crippen molar-refractivity contribution in [2.75, 3.05) is 32.8 Å². The van der Waals surface area contributed by atoms with E-state index < -0.39 is 36.6 Å². The monoisotopic (exact) mass is 333 g/mol. The van der Waals surface area contributed by atoms with Crippen molar-refractivity contribution in [2.45, 2.75) is 12.2 Å². The van der Waals surface area contributed by atoms with Crippen molar-refractivity contribution in [1.82, 2.24) is 15.1 Å². The molecule has 0 bridgehead atoms. The van der Waals surface area contributed by atoms with E-state index in [1.165, 1.54) is 6.08 Å². The maximum atomic E-state index is 12.2. The molecule has 126 valence electrons. The first kappa shape index (κ1) is 18.9. The van der Waals surface area contributed by atoms with Crippen LogP contribution in [0.3, 0.4) is 0 Å². The molecule has 1 N–H and O–H groups in total. The van der Waals surface area contributed by atoms with Gasteiger partial charge >= 0.3 is 12.3 Å². The summed E-state index contributed by atoms with van der Waals surface area (Å²) >= 11 is 0. The first-order valence-electron chi connectivity index (χ1n) is 6.59. The van der Waals surface area contributed by atoms with Crippen LogP contribution in [0.1, 0.15) is 0 Å². The number of piperazine rings is 1. The predicted octanol–water partition coefficient (Wildman–Crippen LogP) is 0.262. The maximum absolute atomic E-state index is 12.2. The van der Waals surface area contributed by atoms with E-state index in [0.29, 0.717) is 0 Å². The fourth-order valence-electron chi connectivity index (χ4n) is 1.94. The van der Waals surface area contributed by atoms with Gasteiger partial charge in [-0.1, -0.05) is 12.7 Å². The second kappa shape index (κ2) is 7.88. The molecule has 1 fully saturated rings. The normalized spacial score (nSPS) is 18.3. The third-order valence-corrected chi connectivity index (χ3v) is 3.02. The number of amides is 3. The summed E-state index contributed by atoms with van der Waals surface area (Å²) in [7, 11) is 5.10. The van der Waals surface area contributed by atoms with Gasteiger partial charge in [0.1, 0.15) is 19.2 Å². The number of halogens is 3. The van der Waals surface area contributed by atoms with Crippen LogP contribution in [0.2, 0.25) is 0 Å². The van der Waals surface area contributed by atoms with Gasteiger partial charge in [-0.2, -0.15) is 13.2 Å². The highest BCUT2D eigenvalue weighted by Crippen LogP contribution is 2.15. The Hall–Kier alpha value is -2.20. The van der Waals surface area contributed by atoms with Crippen molar-refractivity contribution in [3.8, 4) is 0 Å². The first-order valence-corrected chi connectivity index (χ1v) is 6.59. The highest BCUT2D eigenvalue weighted by molar-refractivity contribution is 6.56. The van der Waals surface area contributed by atoms with E-state index in [2.05, 4.69) is 6.58 Å². The quantitative estimate of drug-likeness (QED) is 0.591. The minimum absolute atomic E-state index is 0.0432. The van der Waals surface area contributed by atoms with Gasteiger partial charge in [0.05, 0.1) is 0 Å². The second-order valence-corrected chi connectivity index (χ2v) is 4.69.